The lowest BCUT2D eigenvalue weighted by molar-refractivity contribution is 0.299. The minimum Gasteiger partial charge on any atom is -0.312 e. The van der Waals surface area contributed by atoms with Gasteiger partial charge in [-0.15, -0.1) is 11.3 Å². The molecule has 0 saturated carbocycles. The van der Waals surface area contributed by atoms with Crippen LogP contribution >= 0.6 is 11.3 Å². The minimum absolute atomic E-state index is 0.741. The predicted octanol–water partition coefficient (Wildman–Crippen LogP) is 1.82. The van der Waals surface area contributed by atoms with Crippen LogP contribution in [0.1, 0.15) is 29.8 Å². The van der Waals surface area contributed by atoms with E-state index in [4.69, 9.17) is 0 Å². The standard InChI is InChI=1S/C13H21N3S/c1-10-13(17-9-15-10)4-6-14-11-5-8-16-7-2-3-12(11)16/h9,11-12,14H,2-8H2,1H3. The summed E-state index contributed by atoms with van der Waals surface area (Å²) in [5, 5.41) is 3.76. The van der Waals surface area contributed by atoms with Crippen molar-refractivity contribution >= 4 is 11.3 Å². The molecule has 2 saturated heterocycles. The normalized spacial score (nSPS) is 28.8. The molecule has 0 spiro atoms. The van der Waals surface area contributed by atoms with Crippen LogP contribution in [0.3, 0.4) is 0 Å². The van der Waals surface area contributed by atoms with Gasteiger partial charge in [0.2, 0.25) is 0 Å². The van der Waals surface area contributed by atoms with Crippen LogP contribution in [-0.2, 0) is 6.42 Å². The zero-order chi connectivity index (χ0) is 11.7. The van der Waals surface area contributed by atoms with E-state index in [2.05, 4.69) is 22.1 Å². The number of hydrogen-bond acceptors (Lipinski definition) is 4. The predicted molar refractivity (Wildman–Crippen MR) is 71.6 cm³/mol. The van der Waals surface area contributed by atoms with Crippen molar-refractivity contribution in [1.29, 1.82) is 0 Å². The Morgan fingerprint density at radius 1 is 1.47 bits per heavy atom. The van der Waals surface area contributed by atoms with E-state index in [1.54, 1.807) is 11.3 Å². The summed E-state index contributed by atoms with van der Waals surface area (Å²) in [6.45, 7) is 5.86. The highest BCUT2D eigenvalue weighted by Crippen LogP contribution is 2.27. The van der Waals surface area contributed by atoms with Crippen LogP contribution < -0.4 is 5.32 Å². The monoisotopic (exact) mass is 251 g/mol. The Kier molecular flexibility index (Phi) is 3.45. The molecule has 0 aliphatic carbocycles. The van der Waals surface area contributed by atoms with Crippen molar-refractivity contribution in [2.45, 2.75) is 44.7 Å². The first-order valence-corrected chi connectivity index (χ1v) is 7.59. The largest absolute Gasteiger partial charge is 0.312 e. The van der Waals surface area contributed by atoms with E-state index in [1.807, 2.05) is 5.51 Å². The molecular formula is C13H21N3S. The van der Waals surface area contributed by atoms with Crippen LogP contribution in [-0.4, -0.2) is 41.6 Å². The van der Waals surface area contributed by atoms with E-state index in [0.717, 1.165) is 25.0 Å². The van der Waals surface area contributed by atoms with Gasteiger partial charge in [0.05, 0.1) is 11.2 Å². The van der Waals surface area contributed by atoms with E-state index < -0.39 is 0 Å². The van der Waals surface area contributed by atoms with Gasteiger partial charge in [-0.2, -0.15) is 0 Å². The van der Waals surface area contributed by atoms with Crippen LogP contribution in [0.15, 0.2) is 5.51 Å². The van der Waals surface area contributed by atoms with Gasteiger partial charge < -0.3 is 5.32 Å². The van der Waals surface area contributed by atoms with Gasteiger partial charge in [-0.05, 0) is 39.2 Å². The molecule has 3 rings (SSSR count). The number of thiazole rings is 1. The molecule has 3 heterocycles. The third kappa shape index (κ3) is 2.39. The van der Waals surface area contributed by atoms with Gasteiger partial charge in [0, 0.05) is 30.1 Å². The fourth-order valence-corrected chi connectivity index (χ4v) is 4.04. The van der Waals surface area contributed by atoms with Crippen LogP contribution in [0.25, 0.3) is 0 Å². The number of aromatic nitrogens is 1. The second-order valence-electron chi connectivity index (χ2n) is 5.21. The molecule has 17 heavy (non-hydrogen) atoms. The van der Waals surface area contributed by atoms with E-state index in [1.165, 1.54) is 42.9 Å². The summed E-state index contributed by atoms with van der Waals surface area (Å²) in [4.78, 5) is 8.41. The maximum Gasteiger partial charge on any atom is 0.0797 e. The fraction of sp³-hybridized carbons (Fsp3) is 0.769. The Bertz CT molecular complexity index is 376. The zero-order valence-electron chi connectivity index (χ0n) is 10.5. The topological polar surface area (TPSA) is 28.2 Å². The maximum absolute atomic E-state index is 4.30. The van der Waals surface area contributed by atoms with Crippen LogP contribution in [0.2, 0.25) is 0 Å². The lowest BCUT2D eigenvalue weighted by Crippen LogP contribution is -2.39. The average Bonchev–Trinajstić information content (AvgIpc) is 2.98. The van der Waals surface area contributed by atoms with Crippen molar-refractivity contribution < 1.29 is 0 Å². The molecule has 1 N–H and O–H groups in total. The quantitative estimate of drug-likeness (QED) is 0.885. The molecule has 4 heteroatoms. The van der Waals surface area contributed by atoms with Gasteiger partial charge in [-0.3, -0.25) is 4.90 Å². The minimum atomic E-state index is 0.741. The van der Waals surface area contributed by atoms with E-state index in [-0.39, 0.29) is 0 Å². The number of nitrogens with zero attached hydrogens (tertiary/aromatic N) is 2. The first kappa shape index (κ1) is 11.6. The molecule has 3 nitrogen and oxygen atoms in total. The van der Waals surface area contributed by atoms with Crippen LogP contribution in [0.5, 0.6) is 0 Å². The summed E-state index contributed by atoms with van der Waals surface area (Å²) in [5.74, 6) is 0. The Morgan fingerprint density at radius 2 is 2.41 bits per heavy atom. The molecule has 94 valence electrons. The zero-order valence-corrected chi connectivity index (χ0v) is 11.3. The summed E-state index contributed by atoms with van der Waals surface area (Å²) in [6.07, 6.45) is 5.28. The van der Waals surface area contributed by atoms with E-state index in [0.29, 0.717) is 0 Å². The Morgan fingerprint density at radius 3 is 3.24 bits per heavy atom. The summed E-state index contributed by atoms with van der Waals surface area (Å²) >= 11 is 1.79. The fourth-order valence-electron chi connectivity index (χ4n) is 3.26. The number of hydrogen-bond donors (Lipinski definition) is 1. The molecular weight excluding hydrogens is 230 g/mol. The molecule has 2 aliphatic rings. The van der Waals surface area contributed by atoms with Crippen molar-refractivity contribution in [3.05, 3.63) is 16.1 Å². The Hall–Kier alpha value is -0.450. The van der Waals surface area contributed by atoms with E-state index in [9.17, 15) is 0 Å². The highest BCUT2D eigenvalue weighted by Gasteiger charge is 2.36. The van der Waals surface area contributed by atoms with Gasteiger partial charge >= 0.3 is 0 Å². The smallest absolute Gasteiger partial charge is 0.0797 e. The number of fused-ring (bicyclic) bond motifs is 1. The van der Waals surface area contributed by atoms with Crippen molar-refractivity contribution in [2.75, 3.05) is 19.6 Å². The molecule has 0 bridgehead atoms. The molecule has 0 aromatic carbocycles. The van der Waals surface area contributed by atoms with Crippen molar-refractivity contribution in [3.8, 4) is 0 Å². The van der Waals surface area contributed by atoms with Crippen LogP contribution in [0.4, 0.5) is 0 Å². The first-order chi connectivity index (χ1) is 8.34. The lowest BCUT2D eigenvalue weighted by Gasteiger charge is -2.21. The summed E-state index contributed by atoms with van der Waals surface area (Å²) in [5.41, 5.74) is 3.17. The first-order valence-electron chi connectivity index (χ1n) is 6.71. The average molecular weight is 251 g/mol. The van der Waals surface area contributed by atoms with Crippen molar-refractivity contribution in [2.24, 2.45) is 0 Å². The summed E-state index contributed by atoms with van der Waals surface area (Å²) < 4.78 is 0. The van der Waals surface area contributed by atoms with Crippen molar-refractivity contribution in [1.82, 2.24) is 15.2 Å². The van der Waals surface area contributed by atoms with Gasteiger partial charge in [0.15, 0.2) is 0 Å². The molecule has 2 unspecified atom stereocenters. The lowest BCUT2D eigenvalue weighted by atomic mass is 10.1. The number of rotatable bonds is 4. The van der Waals surface area contributed by atoms with Crippen molar-refractivity contribution in [3.63, 3.8) is 0 Å². The summed E-state index contributed by atoms with van der Waals surface area (Å²) in [7, 11) is 0. The molecule has 0 radical (unpaired) electrons. The van der Waals surface area contributed by atoms with E-state index >= 15 is 0 Å². The Balaban J connectivity index is 1.47. The number of nitrogens with one attached hydrogen (secondary N) is 1. The van der Waals surface area contributed by atoms with Gasteiger partial charge in [-0.1, -0.05) is 0 Å². The van der Waals surface area contributed by atoms with Crippen LogP contribution in [0, 0.1) is 6.92 Å². The molecule has 2 aliphatic heterocycles. The van der Waals surface area contributed by atoms with Gasteiger partial charge in [0.25, 0.3) is 0 Å². The highest BCUT2D eigenvalue weighted by atomic mass is 32.1. The third-order valence-corrected chi connectivity index (χ3v) is 5.20. The molecule has 2 fully saturated rings. The molecule has 1 aromatic heterocycles. The molecule has 1 aromatic rings. The Labute approximate surface area is 107 Å². The second kappa shape index (κ2) is 5.04. The summed E-state index contributed by atoms with van der Waals surface area (Å²) in [6, 6.07) is 1.57. The second-order valence-corrected chi connectivity index (χ2v) is 6.15. The molecule has 0 amide bonds. The highest BCUT2D eigenvalue weighted by molar-refractivity contribution is 7.09. The van der Waals surface area contributed by atoms with Gasteiger partial charge in [0.1, 0.15) is 0 Å². The molecule has 2 atom stereocenters. The third-order valence-electron chi connectivity index (χ3n) is 4.21. The SMILES string of the molecule is Cc1ncsc1CCNC1CCN2CCCC12. The van der Waals surface area contributed by atoms with Gasteiger partial charge in [-0.25, -0.2) is 4.98 Å². The number of aryl methyl sites for hydroxylation is 1. The maximum atomic E-state index is 4.30.